The first-order chi connectivity index (χ1) is 10.6. The van der Waals surface area contributed by atoms with Gasteiger partial charge in [0.15, 0.2) is 0 Å². The number of hydrogen-bond donors (Lipinski definition) is 0. The van der Waals surface area contributed by atoms with Crippen LogP contribution in [0.4, 0.5) is 0 Å². The third-order valence-electron chi connectivity index (χ3n) is 4.01. The van der Waals surface area contributed by atoms with Crippen LogP contribution in [-0.4, -0.2) is 25.8 Å². The SMILES string of the molecule is O=S(=O)(/C=C/c1ccccc1)N1CCC(c2ccccc2)C1. The zero-order valence-electron chi connectivity index (χ0n) is 12.3. The van der Waals surface area contributed by atoms with Gasteiger partial charge in [-0.25, -0.2) is 8.42 Å². The van der Waals surface area contributed by atoms with Crippen molar-refractivity contribution in [3.63, 3.8) is 0 Å². The van der Waals surface area contributed by atoms with Crippen molar-refractivity contribution in [2.45, 2.75) is 12.3 Å². The van der Waals surface area contributed by atoms with Gasteiger partial charge in [0.25, 0.3) is 0 Å². The third-order valence-corrected chi connectivity index (χ3v) is 5.55. The van der Waals surface area contributed by atoms with Crippen molar-refractivity contribution >= 4 is 16.1 Å². The van der Waals surface area contributed by atoms with Gasteiger partial charge in [-0.2, -0.15) is 4.31 Å². The lowest BCUT2D eigenvalue weighted by molar-refractivity contribution is 0.481. The molecule has 1 aliphatic heterocycles. The summed E-state index contributed by atoms with van der Waals surface area (Å²) in [7, 11) is -3.35. The van der Waals surface area contributed by atoms with E-state index in [1.807, 2.05) is 48.5 Å². The molecule has 0 amide bonds. The molecule has 114 valence electrons. The summed E-state index contributed by atoms with van der Waals surface area (Å²) in [6.07, 6.45) is 2.54. The van der Waals surface area contributed by atoms with E-state index in [1.165, 1.54) is 11.0 Å². The Labute approximate surface area is 132 Å². The fourth-order valence-corrected chi connectivity index (χ4v) is 4.02. The zero-order valence-corrected chi connectivity index (χ0v) is 13.1. The number of nitrogens with zero attached hydrogens (tertiary/aromatic N) is 1. The van der Waals surface area contributed by atoms with Gasteiger partial charge in [-0.1, -0.05) is 60.7 Å². The highest BCUT2D eigenvalue weighted by atomic mass is 32.2. The minimum atomic E-state index is -3.35. The van der Waals surface area contributed by atoms with Crippen molar-refractivity contribution in [3.05, 3.63) is 77.2 Å². The summed E-state index contributed by atoms with van der Waals surface area (Å²) >= 11 is 0. The lowest BCUT2D eigenvalue weighted by Crippen LogP contribution is -2.26. The van der Waals surface area contributed by atoms with Crippen molar-refractivity contribution < 1.29 is 8.42 Å². The van der Waals surface area contributed by atoms with Crippen molar-refractivity contribution in [3.8, 4) is 0 Å². The molecule has 0 aromatic heterocycles. The van der Waals surface area contributed by atoms with Gasteiger partial charge in [-0.05, 0) is 29.5 Å². The van der Waals surface area contributed by atoms with Crippen molar-refractivity contribution in [2.75, 3.05) is 13.1 Å². The van der Waals surface area contributed by atoms with Crippen LogP contribution in [0.5, 0.6) is 0 Å². The maximum Gasteiger partial charge on any atom is 0.236 e. The van der Waals surface area contributed by atoms with Crippen LogP contribution in [0.25, 0.3) is 6.08 Å². The Kier molecular flexibility index (Phi) is 4.41. The zero-order chi connectivity index (χ0) is 15.4. The summed E-state index contributed by atoms with van der Waals surface area (Å²) in [5.41, 5.74) is 2.11. The normalized spacial score (nSPS) is 19.7. The Bertz CT molecular complexity index is 739. The first-order valence-corrected chi connectivity index (χ1v) is 8.94. The molecule has 1 aliphatic rings. The predicted octanol–water partition coefficient (Wildman–Crippen LogP) is 3.48. The topological polar surface area (TPSA) is 37.4 Å². The van der Waals surface area contributed by atoms with Gasteiger partial charge in [0, 0.05) is 18.5 Å². The molecule has 2 aromatic rings. The number of rotatable bonds is 4. The monoisotopic (exact) mass is 313 g/mol. The number of sulfonamides is 1. The van der Waals surface area contributed by atoms with Gasteiger partial charge >= 0.3 is 0 Å². The van der Waals surface area contributed by atoms with E-state index in [1.54, 1.807) is 10.4 Å². The van der Waals surface area contributed by atoms with Crippen LogP contribution in [-0.2, 0) is 10.0 Å². The highest BCUT2D eigenvalue weighted by Crippen LogP contribution is 2.29. The smallest absolute Gasteiger partial charge is 0.208 e. The molecule has 22 heavy (non-hydrogen) atoms. The summed E-state index contributed by atoms with van der Waals surface area (Å²) in [5, 5.41) is 1.32. The summed E-state index contributed by atoms with van der Waals surface area (Å²) in [6.45, 7) is 1.15. The molecule has 0 bridgehead atoms. The standard InChI is InChI=1S/C18H19NO2S/c20-22(21,14-12-16-7-3-1-4-8-16)19-13-11-18(15-19)17-9-5-2-6-10-17/h1-10,12,14,18H,11,13,15H2/b14-12+. The van der Waals surface area contributed by atoms with Crippen LogP contribution >= 0.6 is 0 Å². The summed E-state index contributed by atoms with van der Waals surface area (Å²) in [5.74, 6) is 0.293. The second kappa shape index (κ2) is 6.46. The van der Waals surface area contributed by atoms with Gasteiger partial charge in [0.2, 0.25) is 10.0 Å². The number of benzene rings is 2. The molecule has 3 nitrogen and oxygen atoms in total. The second-order valence-corrected chi connectivity index (χ2v) is 7.33. The summed E-state index contributed by atoms with van der Waals surface area (Å²) < 4.78 is 26.4. The van der Waals surface area contributed by atoms with Crippen LogP contribution in [0, 0.1) is 0 Å². The largest absolute Gasteiger partial charge is 0.236 e. The highest BCUT2D eigenvalue weighted by Gasteiger charge is 2.30. The average Bonchev–Trinajstić information content (AvgIpc) is 3.06. The molecule has 3 rings (SSSR count). The Morgan fingerprint density at radius 2 is 1.59 bits per heavy atom. The Morgan fingerprint density at radius 3 is 2.27 bits per heavy atom. The van der Waals surface area contributed by atoms with E-state index in [0.29, 0.717) is 19.0 Å². The molecule has 1 heterocycles. The second-order valence-electron chi connectivity index (χ2n) is 5.51. The van der Waals surface area contributed by atoms with Gasteiger partial charge in [-0.3, -0.25) is 0 Å². The maximum atomic E-state index is 12.4. The molecule has 4 heteroatoms. The molecule has 1 saturated heterocycles. The average molecular weight is 313 g/mol. The van der Waals surface area contributed by atoms with Gasteiger partial charge < -0.3 is 0 Å². The summed E-state index contributed by atoms with van der Waals surface area (Å²) in [4.78, 5) is 0. The molecule has 2 aromatic carbocycles. The molecule has 0 radical (unpaired) electrons. The molecule has 1 unspecified atom stereocenters. The van der Waals surface area contributed by atoms with Crippen molar-refractivity contribution in [1.29, 1.82) is 0 Å². The minimum Gasteiger partial charge on any atom is -0.208 e. The molecule has 0 N–H and O–H groups in total. The highest BCUT2D eigenvalue weighted by molar-refractivity contribution is 7.92. The molecule has 0 aliphatic carbocycles. The van der Waals surface area contributed by atoms with E-state index >= 15 is 0 Å². The van der Waals surface area contributed by atoms with Crippen molar-refractivity contribution in [1.82, 2.24) is 4.31 Å². The van der Waals surface area contributed by atoms with E-state index in [-0.39, 0.29) is 0 Å². The van der Waals surface area contributed by atoms with Crippen LogP contribution < -0.4 is 0 Å². The molecular formula is C18H19NO2S. The van der Waals surface area contributed by atoms with Gasteiger partial charge in [0.1, 0.15) is 0 Å². The first kappa shape index (κ1) is 15.0. The van der Waals surface area contributed by atoms with Crippen molar-refractivity contribution in [2.24, 2.45) is 0 Å². The molecule has 0 saturated carbocycles. The molecule has 1 fully saturated rings. The van der Waals surface area contributed by atoms with E-state index < -0.39 is 10.0 Å². The predicted molar refractivity (Wildman–Crippen MR) is 89.8 cm³/mol. The van der Waals surface area contributed by atoms with Crippen LogP contribution in [0.15, 0.2) is 66.1 Å². The maximum absolute atomic E-state index is 12.4. The molecular weight excluding hydrogens is 294 g/mol. The molecule has 1 atom stereocenters. The van der Waals surface area contributed by atoms with Gasteiger partial charge in [-0.15, -0.1) is 0 Å². The van der Waals surface area contributed by atoms with E-state index in [4.69, 9.17) is 0 Å². The third kappa shape index (κ3) is 3.46. The van der Waals surface area contributed by atoms with Crippen LogP contribution in [0.1, 0.15) is 23.5 Å². The van der Waals surface area contributed by atoms with Gasteiger partial charge in [0.05, 0.1) is 0 Å². The Morgan fingerprint density at radius 1 is 0.955 bits per heavy atom. The lowest BCUT2D eigenvalue weighted by atomic mass is 9.99. The van der Waals surface area contributed by atoms with E-state index in [0.717, 1.165) is 12.0 Å². The van der Waals surface area contributed by atoms with Crippen LogP contribution in [0.3, 0.4) is 0 Å². The van der Waals surface area contributed by atoms with E-state index in [9.17, 15) is 8.42 Å². The number of hydrogen-bond acceptors (Lipinski definition) is 2. The minimum absolute atomic E-state index is 0.293. The lowest BCUT2D eigenvalue weighted by Gasteiger charge is -2.14. The molecule has 0 spiro atoms. The van der Waals surface area contributed by atoms with E-state index in [2.05, 4.69) is 12.1 Å². The quantitative estimate of drug-likeness (QED) is 0.866. The Hall–Kier alpha value is -1.91. The fraction of sp³-hybridized carbons (Fsp3) is 0.222. The fourth-order valence-electron chi connectivity index (χ4n) is 2.77. The first-order valence-electron chi connectivity index (χ1n) is 7.43. The Balaban J connectivity index is 1.70. The summed E-state index contributed by atoms with van der Waals surface area (Å²) in [6, 6.07) is 19.6. The van der Waals surface area contributed by atoms with Crippen LogP contribution in [0.2, 0.25) is 0 Å².